The summed E-state index contributed by atoms with van der Waals surface area (Å²) in [4.78, 5) is 15.6. The summed E-state index contributed by atoms with van der Waals surface area (Å²) in [7, 11) is -3.29. The van der Waals surface area contributed by atoms with E-state index in [2.05, 4.69) is 4.72 Å². The van der Waals surface area contributed by atoms with Gasteiger partial charge in [0.1, 0.15) is 0 Å². The number of amides is 1. The summed E-state index contributed by atoms with van der Waals surface area (Å²) in [5.41, 5.74) is 0.422. The van der Waals surface area contributed by atoms with E-state index < -0.39 is 15.4 Å². The lowest BCUT2D eigenvalue weighted by Crippen LogP contribution is -2.55. The average Bonchev–Trinajstić information content (AvgIpc) is 3.14. The zero-order valence-corrected chi connectivity index (χ0v) is 17.1. The highest BCUT2D eigenvalue weighted by molar-refractivity contribution is 7.88. The minimum absolute atomic E-state index is 0.117. The fraction of sp³-hybridized carbons (Fsp3) is 0.650. The molecule has 1 aliphatic carbocycles. The predicted molar refractivity (Wildman–Crippen MR) is 105 cm³/mol. The number of piperidine rings is 1. The Morgan fingerprint density at radius 2 is 1.89 bits per heavy atom. The third-order valence-electron chi connectivity index (χ3n) is 6.13. The number of ether oxygens (including phenoxy) is 2. The summed E-state index contributed by atoms with van der Waals surface area (Å²) in [5.74, 6) is 1.54. The fourth-order valence-corrected chi connectivity index (χ4v) is 5.64. The van der Waals surface area contributed by atoms with Crippen LogP contribution in [0.1, 0.15) is 50.5 Å². The van der Waals surface area contributed by atoms with Crippen molar-refractivity contribution in [2.45, 2.75) is 56.4 Å². The number of carbonyl (C=O) groups excluding carboxylic acids is 1. The van der Waals surface area contributed by atoms with Gasteiger partial charge in [-0.15, -0.1) is 0 Å². The van der Waals surface area contributed by atoms with Crippen molar-refractivity contribution in [1.82, 2.24) is 9.62 Å². The lowest BCUT2D eigenvalue weighted by molar-refractivity contribution is -0.140. The van der Waals surface area contributed by atoms with E-state index in [1.54, 1.807) is 0 Å². The van der Waals surface area contributed by atoms with Crippen LogP contribution in [0.4, 0.5) is 0 Å². The maximum Gasteiger partial charge on any atom is 0.233 e. The first-order valence-corrected chi connectivity index (χ1v) is 11.9. The molecule has 7 nitrogen and oxygen atoms in total. The zero-order valence-electron chi connectivity index (χ0n) is 16.3. The molecule has 4 rings (SSSR count). The maximum atomic E-state index is 13.8. The molecule has 1 aromatic carbocycles. The molecule has 2 aliphatic heterocycles. The molecule has 2 heterocycles. The number of nitrogens with one attached hydrogen (secondary N) is 1. The molecule has 1 saturated carbocycles. The van der Waals surface area contributed by atoms with Gasteiger partial charge in [-0.3, -0.25) is 4.79 Å². The molecular weight excluding hydrogens is 380 g/mol. The molecule has 3 aliphatic rings. The molecule has 2 fully saturated rings. The molecule has 8 heteroatoms. The Kier molecular flexibility index (Phi) is 5.26. The number of fused-ring (bicyclic) bond motifs is 1. The van der Waals surface area contributed by atoms with Gasteiger partial charge in [-0.1, -0.05) is 25.3 Å². The first-order valence-electron chi connectivity index (χ1n) is 10.0. The quantitative estimate of drug-likeness (QED) is 0.825. The second-order valence-electron chi connectivity index (χ2n) is 8.19. The molecule has 1 unspecified atom stereocenters. The van der Waals surface area contributed by atoms with Crippen LogP contribution >= 0.6 is 0 Å². The zero-order chi connectivity index (χ0) is 19.8. The van der Waals surface area contributed by atoms with Crippen molar-refractivity contribution in [2.75, 3.05) is 26.1 Å². The summed E-state index contributed by atoms with van der Waals surface area (Å²) in [6.45, 7) is 1.32. The molecule has 154 valence electrons. The van der Waals surface area contributed by atoms with Crippen LogP contribution in [-0.2, 0) is 20.2 Å². The Bertz CT molecular complexity index is 848. The Balaban J connectivity index is 1.61. The topological polar surface area (TPSA) is 84.9 Å². The number of benzene rings is 1. The van der Waals surface area contributed by atoms with E-state index in [4.69, 9.17) is 9.47 Å². The molecule has 1 N–H and O–H groups in total. The van der Waals surface area contributed by atoms with Gasteiger partial charge in [-0.25, -0.2) is 13.1 Å². The highest BCUT2D eigenvalue weighted by atomic mass is 32.2. The number of hydrogen-bond acceptors (Lipinski definition) is 5. The van der Waals surface area contributed by atoms with Crippen molar-refractivity contribution in [2.24, 2.45) is 0 Å². The molecule has 1 amide bonds. The molecule has 28 heavy (non-hydrogen) atoms. The van der Waals surface area contributed by atoms with E-state index in [0.717, 1.165) is 56.3 Å². The van der Waals surface area contributed by atoms with Crippen LogP contribution in [0.2, 0.25) is 0 Å². The number of hydrogen-bond donors (Lipinski definition) is 1. The lowest BCUT2D eigenvalue weighted by Gasteiger charge is -2.43. The van der Waals surface area contributed by atoms with Crippen LogP contribution in [-0.4, -0.2) is 51.4 Å². The molecular formula is C20H28N2O5S. The van der Waals surface area contributed by atoms with E-state index in [0.29, 0.717) is 18.8 Å². The molecule has 1 aromatic rings. The Morgan fingerprint density at radius 1 is 1.14 bits per heavy atom. The molecule has 0 aromatic heterocycles. The summed E-state index contributed by atoms with van der Waals surface area (Å²) in [5, 5.41) is 0. The van der Waals surface area contributed by atoms with Crippen LogP contribution in [0, 0.1) is 0 Å². The Labute approximate surface area is 166 Å². The fourth-order valence-electron chi connectivity index (χ4n) is 4.84. The van der Waals surface area contributed by atoms with E-state index in [-0.39, 0.29) is 18.7 Å². The van der Waals surface area contributed by atoms with Gasteiger partial charge in [-0.2, -0.15) is 0 Å². The second kappa shape index (κ2) is 7.55. The van der Waals surface area contributed by atoms with Crippen molar-refractivity contribution in [1.29, 1.82) is 0 Å². The van der Waals surface area contributed by atoms with E-state index in [9.17, 15) is 13.2 Å². The lowest BCUT2D eigenvalue weighted by atomic mass is 9.68. The van der Waals surface area contributed by atoms with Crippen LogP contribution in [0.5, 0.6) is 11.5 Å². The Hall–Kier alpha value is -1.80. The Morgan fingerprint density at radius 3 is 2.64 bits per heavy atom. The standard InChI is InChI=1S/C20H28N2O5S/c1-28(24,25)21-16-6-5-11-22(13-16)19(23)20(9-3-2-4-10-20)15-7-8-17-18(12-15)27-14-26-17/h7-8,12,16,21H,2-6,9-11,13-14H2,1H3. The first-order chi connectivity index (χ1) is 13.4. The van der Waals surface area contributed by atoms with Gasteiger partial charge in [0.25, 0.3) is 0 Å². The summed E-state index contributed by atoms with van der Waals surface area (Å²) in [6.07, 6.45) is 7.52. The second-order valence-corrected chi connectivity index (χ2v) is 9.97. The van der Waals surface area contributed by atoms with Gasteiger partial charge >= 0.3 is 0 Å². The van der Waals surface area contributed by atoms with Gasteiger partial charge in [0.15, 0.2) is 11.5 Å². The van der Waals surface area contributed by atoms with E-state index in [1.807, 2.05) is 23.1 Å². The van der Waals surface area contributed by atoms with Crippen molar-refractivity contribution in [3.63, 3.8) is 0 Å². The van der Waals surface area contributed by atoms with Gasteiger partial charge in [0.2, 0.25) is 22.7 Å². The van der Waals surface area contributed by atoms with Crippen LogP contribution in [0.25, 0.3) is 0 Å². The predicted octanol–water partition coefficient (Wildman–Crippen LogP) is 2.16. The number of likely N-dealkylation sites (tertiary alicyclic amines) is 1. The largest absolute Gasteiger partial charge is 0.454 e. The summed E-state index contributed by atoms with van der Waals surface area (Å²) >= 11 is 0. The van der Waals surface area contributed by atoms with Gasteiger partial charge < -0.3 is 14.4 Å². The highest BCUT2D eigenvalue weighted by Gasteiger charge is 2.45. The monoisotopic (exact) mass is 408 g/mol. The normalized spacial score (nSPS) is 24.2. The number of rotatable bonds is 4. The first kappa shape index (κ1) is 19.5. The highest BCUT2D eigenvalue weighted by Crippen LogP contribution is 2.44. The third kappa shape index (κ3) is 3.85. The van der Waals surface area contributed by atoms with Crippen molar-refractivity contribution < 1.29 is 22.7 Å². The SMILES string of the molecule is CS(=O)(=O)NC1CCCN(C(=O)C2(c3ccc4c(c3)OCO4)CCCCC2)C1. The molecule has 1 atom stereocenters. The number of sulfonamides is 1. The molecule has 0 bridgehead atoms. The van der Waals surface area contributed by atoms with Gasteiger partial charge in [0.05, 0.1) is 11.7 Å². The van der Waals surface area contributed by atoms with Crippen LogP contribution < -0.4 is 14.2 Å². The third-order valence-corrected chi connectivity index (χ3v) is 6.89. The van der Waals surface area contributed by atoms with Crippen LogP contribution in [0.15, 0.2) is 18.2 Å². The smallest absolute Gasteiger partial charge is 0.233 e. The van der Waals surface area contributed by atoms with Gasteiger partial charge in [0, 0.05) is 19.1 Å². The summed E-state index contributed by atoms with van der Waals surface area (Å²) in [6, 6.07) is 5.63. The van der Waals surface area contributed by atoms with Crippen LogP contribution in [0.3, 0.4) is 0 Å². The molecule has 0 spiro atoms. The minimum atomic E-state index is -3.29. The number of nitrogens with zero attached hydrogens (tertiary/aromatic N) is 1. The summed E-state index contributed by atoms with van der Waals surface area (Å²) < 4.78 is 36.9. The van der Waals surface area contributed by atoms with Crippen molar-refractivity contribution >= 4 is 15.9 Å². The maximum absolute atomic E-state index is 13.8. The van der Waals surface area contributed by atoms with Gasteiger partial charge in [-0.05, 0) is 43.4 Å². The number of carbonyl (C=O) groups is 1. The van der Waals surface area contributed by atoms with Crippen molar-refractivity contribution in [3.8, 4) is 11.5 Å². The minimum Gasteiger partial charge on any atom is -0.454 e. The van der Waals surface area contributed by atoms with E-state index >= 15 is 0 Å². The molecule has 1 saturated heterocycles. The average molecular weight is 409 g/mol. The van der Waals surface area contributed by atoms with E-state index in [1.165, 1.54) is 6.26 Å². The van der Waals surface area contributed by atoms with Crippen molar-refractivity contribution in [3.05, 3.63) is 23.8 Å². The molecule has 0 radical (unpaired) electrons.